The monoisotopic (exact) mass is 703 g/mol. The molecule has 3 unspecified atom stereocenters. The number of likely N-dealkylation sites (tertiary alicyclic amines) is 1. The number of aromatic nitrogens is 1. The minimum absolute atomic E-state index is 0.00228. The topological polar surface area (TPSA) is 176 Å². The normalized spacial score (nSPS) is 16.6. The van der Waals surface area contributed by atoms with Crippen molar-refractivity contribution in [2.45, 2.75) is 56.9 Å². The molecule has 0 radical (unpaired) electrons. The van der Waals surface area contributed by atoms with Gasteiger partial charge in [-0.25, -0.2) is 18.2 Å². The lowest BCUT2D eigenvalue weighted by molar-refractivity contribution is -0.139. The van der Waals surface area contributed by atoms with Crippen LogP contribution in [0.2, 0.25) is 0 Å². The number of benzene rings is 3. The van der Waals surface area contributed by atoms with Gasteiger partial charge in [0.25, 0.3) is 0 Å². The van der Waals surface area contributed by atoms with E-state index in [0.29, 0.717) is 29.9 Å². The summed E-state index contributed by atoms with van der Waals surface area (Å²) in [6.45, 7) is 4.77. The van der Waals surface area contributed by atoms with Crippen LogP contribution in [0.4, 0.5) is 10.6 Å². The van der Waals surface area contributed by atoms with Crippen molar-refractivity contribution in [1.29, 1.82) is 0 Å². The molecule has 5 rings (SSSR count). The minimum atomic E-state index is -4.21. The quantitative estimate of drug-likeness (QED) is 0.151. The zero-order valence-corrected chi connectivity index (χ0v) is 28.9. The van der Waals surface area contributed by atoms with Gasteiger partial charge in [-0.2, -0.15) is 4.72 Å². The fourth-order valence-corrected chi connectivity index (χ4v) is 7.72. The van der Waals surface area contributed by atoms with Crippen molar-refractivity contribution in [3.05, 3.63) is 101 Å². The van der Waals surface area contributed by atoms with E-state index in [-0.39, 0.29) is 24.1 Å². The first-order chi connectivity index (χ1) is 23.9. The maximum atomic E-state index is 13.2. The van der Waals surface area contributed by atoms with E-state index in [1.54, 1.807) is 30.9 Å². The number of ether oxygens (including phenoxy) is 2. The first kappa shape index (κ1) is 36.2. The Kier molecular flexibility index (Phi) is 11.7. The van der Waals surface area contributed by atoms with Crippen LogP contribution in [0.3, 0.4) is 0 Å². The summed E-state index contributed by atoms with van der Waals surface area (Å²) >= 11 is 0. The molecule has 2 amide bonds. The SMILES string of the molecule is Cc1cc(C)c(S(=O)(=O)NC(CNC(=O)COC2CC(CNc3ccc4ccccc4n3)N(C(=O)OCc3ccccc3)C2)C(=O)O)c(C)c1. The molecule has 0 spiro atoms. The van der Waals surface area contributed by atoms with Crippen LogP contribution in [0.1, 0.15) is 28.7 Å². The number of nitrogens with zero attached hydrogens (tertiary/aromatic N) is 2. The Bertz CT molecular complexity index is 1930. The molecule has 0 bridgehead atoms. The van der Waals surface area contributed by atoms with Gasteiger partial charge in [-0.1, -0.05) is 66.2 Å². The number of hydrogen-bond donors (Lipinski definition) is 4. The zero-order valence-electron chi connectivity index (χ0n) is 28.1. The van der Waals surface area contributed by atoms with E-state index in [1.807, 2.05) is 73.7 Å². The summed E-state index contributed by atoms with van der Waals surface area (Å²) in [5.41, 5.74) is 3.50. The molecule has 1 aliphatic heterocycles. The van der Waals surface area contributed by atoms with Gasteiger partial charge >= 0.3 is 12.1 Å². The Hall–Kier alpha value is -5.05. The van der Waals surface area contributed by atoms with Gasteiger partial charge < -0.3 is 30.1 Å². The second-order valence-corrected chi connectivity index (χ2v) is 14.0. The van der Waals surface area contributed by atoms with E-state index in [0.717, 1.165) is 22.0 Å². The van der Waals surface area contributed by atoms with Crippen LogP contribution in [0, 0.1) is 20.8 Å². The maximum Gasteiger partial charge on any atom is 0.410 e. The van der Waals surface area contributed by atoms with Crippen molar-refractivity contribution in [2.24, 2.45) is 0 Å². The highest BCUT2D eigenvalue weighted by Crippen LogP contribution is 2.24. The molecule has 4 aromatic rings. The molecule has 264 valence electrons. The number of nitrogens with one attached hydrogen (secondary N) is 3. The first-order valence-corrected chi connectivity index (χ1v) is 17.7. The summed E-state index contributed by atoms with van der Waals surface area (Å²) in [6, 6.07) is 22.3. The van der Waals surface area contributed by atoms with Crippen molar-refractivity contribution < 1.29 is 37.4 Å². The average Bonchev–Trinajstić information content (AvgIpc) is 3.50. The lowest BCUT2D eigenvalue weighted by Crippen LogP contribution is -2.49. The van der Waals surface area contributed by atoms with Crippen molar-refractivity contribution in [3.63, 3.8) is 0 Å². The van der Waals surface area contributed by atoms with Crippen LogP contribution in [0.5, 0.6) is 0 Å². The highest BCUT2D eigenvalue weighted by atomic mass is 32.2. The fourth-order valence-electron chi connectivity index (χ4n) is 6.08. The standard InChI is InChI=1S/C36H41N5O8S/c1-23-15-24(2)34(25(3)16-23)50(46,47)40-31(35(43)44)19-38-33(42)22-48-29-17-28(18-37-32-14-13-27-11-7-8-12-30(27)39-32)41(20-29)36(45)49-21-26-9-5-4-6-10-26/h4-16,28-29,31,40H,17-22H2,1-3H3,(H,37,39)(H,38,42)(H,43,44). The number of carbonyl (C=O) groups excluding carboxylic acids is 2. The van der Waals surface area contributed by atoms with Crippen molar-refractivity contribution in [3.8, 4) is 0 Å². The molecule has 1 saturated heterocycles. The molecule has 1 aromatic heterocycles. The summed E-state index contributed by atoms with van der Waals surface area (Å²) in [6.07, 6.45) is -0.665. The van der Waals surface area contributed by atoms with Crippen LogP contribution in [-0.2, 0) is 35.7 Å². The van der Waals surface area contributed by atoms with E-state index in [1.165, 1.54) is 0 Å². The van der Waals surface area contributed by atoms with E-state index in [9.17, 15) is 27.9 Å². The number of carbonyl (C=O) groups is 3. The van der Waals surface area contributed by atoms with Crippen LogP contribution >= 0.6 is 0 Å². The molecular formula is C36H41N5O8S. The first-order valence-electron chi connectivity index (χ1n) is 16.2. The van der Waals surface area contributed by atoms with Crippen LogP contribution in [0.25, 0.3) is 10.9 Å². The average molecular weight is 704 g/mol. The van der Waals surface area contributed by atoms with Gasteiger partial charge in [0.15, 0.2) is 0 Å². The number of para-hydroxylation sites is 1. The van der Waals surface area contributed by atoms with Crippen molar-refractivity contribution in [1.82, 2.24) is 19.9 Å². The summed E-state index contributed by atoms with van der Waals surface area (Å²) in [5, 5.41) is 16.5. The third-order valence-corrected chi connectivity index (χ3v) is 10.1. The predicted molar refractivity (Wildman–Crippen MR) is 187 cm³/mol. The fraction of sp³-hybridized carbons (Fsp3) is 0.333. The molecule has 14 heteroatoms. The molecular weight excluding hydrogens is 662 g/mol. The Morgan fingerprint density at radius 3 is 2.40 bits per heavy atom. The number of rotatable bonds is 14. The largest absolute Gasteiger partial charge is 0.480 e. The van der Waals surface area contributed by atoms with Gasteiger partial charge in [-0.15, -0.1) is 0 Å². The molecule has 1 fully saturated rings. The molecule has 0 saturated carbocycles. The van der Waals surface area contributed by atoms with E-state index in [4.69, 9.17) is 9.47 Å². The van der Waals surface area contributed by atoms with Crippen LogP contribution < -0.4 is 15.4 Å². The second kappa shape index (κ2) is 16.1. The van der Waals surface area contributed by atoms with Crippen LogP contribution in [0.15, 0.2) is 83.8 Å². The van der Waals surface area contributed by atoms with Gasteiger partial charge in [0.05, 0.1) is 29.1 Å². The van der Waals surface area contributed by atoms with Gasteiger partial charge in [-0.05, 0) is 62.1 Å². The molecule has 1 aliphatic rings. The Balaban J connectivity index is 1.18. The minimum Gasteiger partial charge on any atom is -0.480 e. The number of amides is 2. The molecule has 3 aromatic carbocycles. The Morgan fingerprint density at radius 1 is 0.980 bits per heavy atom. The van der Waals surface area contributed by atoms with Gasteiger partial charge in [0.1, 0.15) is 25.1 Å². The summed E-state index contributed by atoms with van der Waals surface area (Å²) in [7, 11) is -4.21. The third-order valence-electron chi connectivity index (χ3n) is 8.36. The molecule has 0 aliphatic carbocycles. The number of fused-ring (bicyclic) bond motifs is 1. The number of anilines is 1. The van der Waals surface area contributed by atoms with Crippen LogP contribution in [-0.4, -0.2) is 85.8 Å². The lowest BCUT2D eigenvalue weighted by atomic mass is 10.1. The Labute approximate surface area is 291 Å². The molecule has 3 atom stereocenters. The van der Waals surface area contributed by atoms with E-state index in [2.05, 4.69) is 20.3 Å². The maximum absolute atomic E-state index is 13.2. The second-order valence-electron chi connectivity index (χ2n) is 12.3. The summed E-state index contributed by atoms with van der Waals surface area (Å²) in [5.74, 6) is -1.45. The number of hydrogen-bond acceptors (Lipinski definition) is 9. The van der Waals surface area contributed by atoms with Gasteiger partial charge in [-0.3, -0.25) is 9.59 Å². The predicted octanol–water partition coefficient (Wildman–Crippen LogP) is 3.92. The number of sulfonamides is 1. The number of carboxylic acids is 1. The van der Waals surface area contributed by atoms with Crippen molar-refractivity contribution >= 4 is 44.7 Å². The smallest absolute Gasteiger partial charge is 0.410 e. The molecule has 4 N–H and O–H groups in total. The van der Waals surface area contributed by atoms with E-state index >= 15 is 0 Å². The molecule has 50 heavy (non-hydrogen) atoms. The Morgan fingerprint density at radius 2 is 1.68 bits per heavy atom. The number of aliphatic carboxylic acids is 1. The van der Waals surface area contributed by atoms with Gasteiger partial charge in [0.2, 0.25) is 15.9 Å². The number of aryl methyl sites for hydroxylation is 3. The van der Waals surface area contributed by atoms with E-state index < -0.39 is 53.3 Å². The molecule has 13 nitrogen and oxygen atoms in total. The summed E-state index contributed by atoms with van der Waals surface area (Å²) < 4.78 is 39.9. The zero-order chi connectivity index (χ0) is 35.8. The van der Waals surface area contributed by atoms with Gasteiger partial charge in [0, 0.05) is 18.5 Å². The third kappa shape index (κ3) is 9.34. The summed E-state index contributed by atoms with van der Waals surface area (Å²) in [4.78, 5) is 44.1. The highest BCUT2D eigenvalue weighted by molar-refractivity contribution is 7.89. The lowest BCUT2D eigenvalue weighted by Gasteiger charge is -2.24. The highest BCUT2D eigenvalue weighted by Gasteiger charge is 2.37. The number of carboxylic acid groups (broad SMARTS) is 1. The molecule has 2 heterocycles. The number of pyridine rings is 1. The van der Waals surface area contributed by atoms with Crippen molar-refractivity contribution in [2.75, 3.05) is 31.6 Å².